The maximum atomic E-state index is 14.0. The minimum atomic E-state index is -0.521. The van der Waals surface area contributed by atoms with Gasteiger partial charge >= 0.3 is 5.97 Å². The Balaban J connectivity index is 2.16. The van der Waals surface area contributed by atoms with Crippen molar-refractivity contribution in [3.63, 3.8) is 0 Å². The number of amides is 1. The van der Waals surface area contributed by atoms with E-state index < -0.39 is 11.8 Å². The number of halogens is 1. The van der Waals surface area contributed by atoms with Gasteiger partial charge in [-0.1, -0.05) is 0 Å². The van der Waals surface area contributed by atoms with Gasteiger partial charge in [0.25, 0.3) is 5.91 Å². The zero-order chi connectivity index (χ0) is 18.7. The molecule has 0 fully saturated rings. The number of carbonyl (C=O) groups excluding carboxylic acids is 2. The summed E-state index contributed by atoms with van der Waals surface area (Å²) in [5, 5.41) is 2.48. The molecule has 6 heteroatoms. The first-order valence-electron chi connectivity index (χ1n) is 8.44. The van der Waals surface area contributed by atoms with Crippen LogP contribution >= 0.6 is 0 Å². The first kappa shape index (κ1) is 17.9. The third-order valence-electron chi connectivity index (χ3n) is 4.38. The Kier molecular flexibility index (Phi) is 5.21. The average Bonchev–Trinajstić information content (AvgIpc) is 2.90. The van der Waals surface area contributed by atoms with E-state index in [2.05, 4.69) is 5.32 Å². The van der Waals surface area contributed by atoms with Crippen molar-refractivity contribution in [2.24, 2.45) is 0 Å². The van der Waals surface area contributed by atoms with Gasteiger partial charge in [-0.2, -0.15) is 0 Å². The Bertz CT molecular complexity index is 863. The number of hydrogen-bond acceptors (Lipinski definition) is 4. The Labute approximate surface area is 151 Å². The van der Waals surface area contributed by atoms with E-state index in [-0.39, 0.29) is 11.5 Å². The number of benzene rings is 2. The number of ether oxygens (including phenoxy) is 2. The van der Waals surface area contributed by atoms with Crippen LogP contribution in [-0.4, -0.2) is 32.6 Å². The fourth-order valence-corrected chi connectivity index (χ4v) is 3.10. The predicted octanol–water partition coefficient (Wildman–Crippen LogP) is 3.35. The first-order valence-corrected chi connectivity index (χ1v) is 8.44. The highest BCUT2D eigenvalue weighted by Gasteiger charge is 2.21. The molecule has 0 spiro atoms. The number of fused-ring (bicyclic) bond motifs is 1. The SMILES string of the molecule is CNC(=O)c1cc(F)cc(-c2cc3c(c(C(=O)OC)c2)OCCCC3)c1. The molecule has 2 aromatic carbocycles. The lowest BCUT2D eigenvalue weighted by Crippen LogP contribution is -2.18. The van der Waals surface area contributed by atoms with E-state index in [1.165, 1.54) is 26.3 Å². The highest BCUT2D eigenvalue weighted by atomic mass is 19.1. The van der Waals surface area contributed by atoms with Crippen molar-refractivity contribution in [3.05, 3.63) is 52.8 Å². The van der Waals surface area contributed by atoms with Crippen LogP contribution in [0.25, 0.3) is 11.1 Å². The molecule has 0 bridgehead atoms. The molecule has 1 N–H and O–H groups in total. The standard InChI is InChI=1S/C20H20FNO4/c1-22-19(23)15-8-13(9-16(21)10-15)14-7-12-5-3-4-6-26-18(12)17(11-14)20(24)25-2/h7-11H,3-6H2,1-2H3,(H,22,23). The summed E-state index contributed by atoms with van der Waals surface area (Å²) in [4.78, 5) is 24.1. The minimum absolute atomic E-state index is 0.216. The molecule has 1 aliphatic rings. The molecule has 1 amide bonds. The van der Waals surface area contributed by atoms with Crippen molar-refractivity contribution in [2.75, 3.05) is 20.8 Å². The van der Waals surface area contributed by atoms with Crippen LogP contribution in [0, 0.1) is 5.82 Å². The van der Waals surface area contributed by atoms with Gasteiger partial charge < -0.3 is 14.8 Å². The summed E-state index contributed by atoms with van der Waals surface area (Å²) in [6, 6.07) is 7.62. The molecular formula is C20H20FNO4. The highest BCUT2D eigenvalue weighted by molar-refractivity contribution is 5.97. The van der Waals surface area contributed by atoms with Crippen LogP contribution in [0.2, 0.25) is 0 Å². The molecule has 1 aliphatic heterocycles. The van der Waals surface area contributed by atoms with Gasteiger partial charge in [0.05, 0.1) is 13.7 Å². The lowest BCUT2D eigenvalue weighted by Gasteiger charge is -2.15. The van der Waals surface area contributed by atoms with Crippen molar-refractivity contribution in [2.45, 2.75) is 19.3 Å². The minimum Gasteiger partial charge on any atom is -0.492 e. The van der Waals surface area contributed by atoms with Crippen molar-refractivity contribution < 1.29 is 23.5 Å². The fourth-order valence-electron chi connectivity index (χ4n) is 3.10. The van der Waals surface area contributed by atoms with Gasteiger partial charge in [-0.05, 0) is 66.3 Å². The van der Waals surface area contributed by atoms with Gasteiger partial charge in [0.15, 0.2) is 0 Å². The smallest absolute Gasteiger partial charge is 0.341 e. The summed E-state index contributed by atoms with van der Waals surface area (Å²) in [5.74, 6) is -0.877. The second-order valence-electron chi connectivity index (χ2n) is 6.12. The van der Waals surface area contributed by atoms with E-state index in [1.807, 2.05) is 6.07 Å². The summed E-state index contributed by atoms with van der Waals surface area (Å²) in [5.41, 5.74) is 2.56. The van der Waals surface area contributed by atoms with Crippen LogP contribution in [0.15, 0.2) is 30.3 Å². The van der Waals surface area contributed by atoms with Crippen LogP contribution in [-0.2, 0) is 11.2 Å². The number of nitrogens with one attached hydrogen (secondary N) is 1. The normalized spacial score (nSPS) is 13.2. The molecule has 0 saturated heterocycles. The van der Waals surface area contributed by atoms with Gasteiger partial charge in [-0.3, -0.25) is 4.79 Å². The maximum Gasteiger partial charge on any atom is 0.341 e. The zero-order valence-electron chi connectivity index (χ0n) is 14.7. The number of aryl methyl sites for hydroxylation is 1. The Morgan fingerprint density at radius 3 is 2.62 bits per heavy atom. The molecule has 5 nitrogen and oxygen atoms in total. The van der Waals surface area contributed by atoms with Crippen molar-refractivity contribution in [3.8, 4) is 16.9 Å². The maximum absolute atomic E-state index is 14.0. The molecule has 0 unspecified atom stereocenters. The molecular weight excluding hydrogens is 337 g/mol. The van der Waals surface area contributed by atoms with E-state index in [0.717, 1.165) is 24.8 Å². The molecule has 0 radical (unpaired) electrons. The van der Waals surface area contributed by atoms with Gasteiger partial charge in [0.1, 0.15) is 17.1 Å². The van der Waals surface area contributed by atoms with Crippen LogP contribution < -0.4 is 10.1 Å². The van der Waals surface area contributed by atoms with Crippen molar-refractivity contribution >= 4 is 11.9 Å². The summed E-state index contributed by atoms with van der Waals surface area (Å²) in [6.45, 7) is 0.539. The summed E-state index contributed by atoms with van der Waals surface area (Å²) in [6.07, 6.45) is 2.58. The van der Waals surface area contributed by atoms with Gasteiger partial charge in [0, 0.05) is 12.6 Å². The van der Waals surface area contributed by atoms with Crippen LogP contribution in [0.5, 0.6) is 5.75 Å². The topological polar surface area (TPSA) is 64.6 Å². The lowest BCUT2D eigenvalue weighted by atomic mass is 9.95. The first-order chi connectivity index (χ1) is 12.5. The number of methoxy groups -OCH3 is 1. The molecule has 3 rings (SSSR count). The van der Waals surface area contributed by atoms with E-state index in [4.69, 9.17) is 9.47 Å². The molecule has 0 aliphatic carbocycles. The van der Waals surface area contributed by atoms with Gasteiger partial charge in [0.2, 0.25) is 0 Å². The van der Waals surface area contributed by atoms with E-state index in [9.17, 15) is 14.0 Å². The summed E-state index contributed by atoms with van der Waals surface area (Å²) < 4.78 is 24.7. The van der Waals surface area contributed by atoms with Crippen molar-refractivity contribution in [1.82, 2.24) is 5.32 Å². The second kappa shape index (κ2) is 7.56. The molecule has 1 heterocycles. The van der Waals surface area contributed by atoms with Gasteiger partial charge in [-0.15, -0.1) is 0 Å². The Morgan fingerprint density at radius 1 is 1.12 bits per heavy atom. The number of rotatable bonds is 3. The van der Waals surface area contributed by atoms with Crippen LogP contribution in [0.3, 0.4) is 0 Å². The summed E-state index contributed by atoms with van der Waals surface area (Å²) >= 11 is 0. The third kappa shape index (κ3) is 3.54. The Hall–Kier alpha value is -2.89. The molecule has 0 atom stereocenters. The molecule has 0 aromatic heterocycles. The fraction of sp³-hybridized carbons (Fsp3) is 0.300. The largest absolute Gasteiger partial charge is 0.492 e. The van der Waals surface area contributed by atoms with E-state index >= 15 is 0 Å². The predicted molar refractivity (Wildman–Crippen MR) is 95.0 cm³/mol. The van der Waals surface area contributed by atoms with Crippen LogP contribution in [0.4, 0.5) is 4.39 Å². The molecule has 0 saturated carbocycles. The van der Waals surface area contributed by atoms with Gasteiger partial charge in [-0.25, -0.2) is 9.18 Å². The van der Waals surface area contributed by atoms with E-state index in [1.54, 1.807) is 12.1 Å². The van der Waals surface area contributed by atoms with Crippen molar-refractivity contribution in [1.29, 1.82) is 0 Å². The number of carbonyl (C=O) groups is 2. The number of hydrogen-bond donors (Lipinski definition) is 1. The quantitative estimate of drug-likeness (QED) is 0.856. The Morgan fingerprint density at radius 2 is 1.88 bits per heavy atom. The van der Waals surface area contributed by atoms with E-state index in [0.29, 0.717) is 29.0 Å². The summed E-state index contributed by atoms with van der Waals surface area (Å²) in [7, 11) is 2.80. The van der Waals surface area contributed by atoms with Crippen LogP contribution in [0.1, 0.15) is 39.1 Å². The second-order valence-corrected chi connectivity index (χ2v) is 6.12. The molecule has 2 aromatic rings. The lowest BCUT2D eigenvalue weighted by molar-refractivity contribution is 0.0596. The molecule has 26 heavy (non-hydrogen) atoms. The molecule has 136 valence electrons. The third-order valence-corrected chi connectivity index (χ3v) is 4.38. The monoisotopic (exact) mass is 357 g/mol. The zero-order valence-corrected chi connectivity index (χ0v) is 14.7. The number of esters is 1. The average molecular weight is 357 g/mol. The highest BCUT2D eigenvalue weighted by Crippen LogP contribution is 2.35.